The Kier molecular flexibility index (Phi) is 4.01. The summed E-state index contributed by atoms with van der Waals surface area (Å²) in [5, 5.41) is 6.78. The summed E-state index contributed by atoms with van der Waals surface area (Å²) in [7, 11) is 0. The highest BCUT2D eigenvalue weighted by Crippen LogP contribution is 2.27. The third kappa shape index (κ3) is 2.78. The van der Waals surface area contributed by atoms with E-state index < -0.39 is 0 Å². The molecule has 2 aromatic carbocycles. The van der Waals surface area contributed by atoms with Crippen LogP contribution in [-0.4, -0.2) is 11.6 Å². The Morgan fingerprint density at radius 3 is 2.50 bits per heavy atom. The van der Waals surface area contributed by atoms with Gasteiger partial charge in [-0.15, -0.1) is 0 Å². The average molecular weight is 331 g/mol. The zero-order valence-corrected chi connectivity index (χ0v) is 13.3. The van der Waals surface area contributed by atoms with Gasteiger partial charge in [0.1, 0.15) is 0 Å². The zero-order valence-electron chi connectivity index (χ0n) is 11.8. The van der Waals surface area contributed by atoms with E-state index in [2.05, 4.69) is 5.10 Å². The topological polar surface area (TPSA) is 32.7 Å². The molecule has 0 atom stereocenters. The first-order chi connectivity index (χ1) is 10.6. The van der Waals surface area contributed by atoms with Gasteiger partial charge in [-0.1, -0.05) is 47.5 Å². The van der Waals surface area contributed by atoms with Crippen LogP contribution < -0.4 is 5.01 Å². The molecule has 0 N–H and O–H groups in total. The molecule has 0 fully saturated rings. The van der Waals surface area contributed by atoms with Crippen LogP contribution in [0.5, 0.6) is 0 Å². The van der Waals surface area contributed by atoms with Crippen LogP contribution in [0.15, 0.2) is 59.2 Å². The first-order valence-corrected chi connectivity index (χ1v) is 7.43. The summed E-state index contributed by atoms with van der Waals surface area (Å²) in [6.45, 7) is 1.80. The molecule has 22 heavy (non-hydrogen) atoms. The number of rotatable bonds is 2. The number of hydrogen-bond acceptors (Lipinski definition) is 2. The number of benzene rings is 2. The lowest BCUT2D eigenvalue weighted by atomic mass is 10.1. The minimum absolute atomic E-state index is 0.172. The van der Waals surface area contributed by atoms with Gasteiger partial charge in [-0.2, -0.15) is 10.1 Å². The van der Waals surface area contributed by atoms with Crippen LogP contribution >= 0.6 is 23.2 Å². The fraction of sp³-hybridized carbons (Fsp3) is 0.0588. The van der Waals surface area contributed by atoms with Crippen molar-refractivity contribution in [3.05, 3.63) is 69.7 Å². The van der Waals surface area contributed by atoms with Crippen molar-refractivity contribution in [1.29, 1.82) is 0 Å². The SMILES string of the molecule is CC1=NN(c2ccccc2)C(=O)/C1=C\c1ccc(Cl)cc1Cl. The number of carbonyl (C=O) groups excluding carboxylic acids is 1. The highest BCUT2D eigenvalue weighted by Gasteiger charge is 2.28. The third-order valence-electron chi connectivity index (χ3n) is 3.33. The van der Waals surface area contributed by atoms with Crippen molar-refractivity contribution >= 4 is 46.6 Å². The molecule has 1 heterocycles. The zero-order chi connectivity index (χ0) is 15.7. The van der Waals surface area contributed by atoms with Gasteiger partial charge in [0.2, 0.25) is 0 Å². The van der Waals surface area contributed by atoms with Gasteiger partial charge in [0.05, 0.1) is 17.0 Å². The lowest BCUT2D eigenvalue weighted by molar-refractivity contribution is -0.114. The standard InChI is InChI=1S/C17H12Cl2N2O/c1-11-15(9-12-7-8-13(18)10-16(12)19)17(22)21(20-11)14-5-3-2-4-6-14/h2-10H,1H3/b15-9-. The summed E-state index contributed by atoms with van der Waals surface area (Å²) in [4.78, 5) is 12.6. The molecule has 0 saturated heterocycles. The molecule has 3 nitrogen and oxygen atoms in total. The second kappa shape index (κ2) is 5.95. The molecule has 0 bridgehead atoms. The van der Waals surface area contributed by atoms with Gasteiger partial charge in [-0.3, -0.25) is 4.79 Å². The van der Waals surface area contributed by atoms with Gasteiger partial charge >= 0.3 is 0 Å². The van der Waals surface area contributed by atoms with E-state index in [1.165, 1.54) is 5.01 Å². The van der Waals surface area contributed by atoms with Crippen LogP contribution in [0.2, 0.25) is 10.0 Å². The Hall–Kier alpha value is -2.10. The Morgan fingerprint density at radius 2 is 1.82 bits per heavy atom. The molecule has 1 aliphatic rings. The minimum atomic E-state index is -0.172. The molecule has 1 amide bonds. The van der Waals surface area contributed by atoms with E-state index in [-0.39, 0.29) is 5.91 Å². The molecule has 110 valence electrons. The largest absolute Gasteiger partial charge is 0.280 e. The number of hydrazone groups is 1. The predicted octanol–water partition coefficient (Wildman–Crippen LogP) is 4.80. The highest BCUT2D eigenvalue weighted by atomic mass is 35.5. The van der Waals surface area contributed by atoms with Gasteiger partial charge in [0, 0.05) is 10.0 Å². The summed E-state index contributed by atoms with van der Waals surface area (Å²) in [5.41, 5.74) is 2.64. The fourth-order valence-electron chi connectivity index (χ4n) is 2.20. The second-order valence-corrected chi connectivity index (χ2v) is 5.71. The Morgan fingerprint density at radius 1 is 1.09 bits per heavy atom. The van der Waals surface area contributed by atoms with Crippen LogP contribution in [0.3, 0.4) is 0 Å². The Labute approximate surface area is 138 Å². The molecule has 0 saturated carbocycles. The molecule has 0 spiro atoms. The van der Waals surface area contributed by atoms with Crippen LogP contribution in [0.1, 0.15) is 12.5 Å². The van der Waals surface area contributed by atoms with E-state index in [9.17, 15) is 4.79 Å². The van der Waals surface area contributed by atoms with Gasteiger partial charge in [0.25, 0.3) is 5.91 Å². The molecule has 1 aliphatic heterocycles. The lowest BCUT2D eigenvalue weighted by Crippen LogP contribution is -2.21. The summed E-state index contributed by atoms with van der Waals surface area (Å²) in [5.74, 6) is -0.172. The summed E-state index contributed by atoms with van der Waals surface area (Å²) in [6.07, 6.45) is 1.74. The molecule has 0 radical (unpaired) electrons. The minimum Gasteiger partial charge on any atom is -0.267 e. The number of anilines is 1. The lowest BCUT2D eigenvalue weighted by Gasteiger charge is -2.11. The molecule has 2 aromatic rings. The summed E-state index contributed by atoms with van der Waals surface area (Å²) in [6, 6.07) is 14.5. The maximum absolute atomic E-state index is 12.6. The number of halogens is 2. The molecular weight excluding hydrogens is 319 g/mol. The predicted molar refractivity (Wildman–Crippen MR) is 91.5 cm³/mol. The smallest absolute Gasteiger partial charge is 0.267 e. The third-order valence-corrected chi connectivity index (χ3v) is 3.89. The first-order valence-electron chi connectivity index (χ1n) is 6.68. The van der Waals surface area contributed by atoms with Gasteiger partial charge < -0.3 is 0 Å². The second-order valence-electron chi connectivity index (χ2n) is 4.86. The number of nitrogens with zero attached hydrogens (tertiary/aromatic N) is 2. The highest BCUT2D eigenvalue weighted by molar-refractivity contribution is 6.36. The maximum Gasteiger partial charge on any atom is 0.280 e. The number of amides is 1. The first kappa shape index (κ1) is 14.8. The molecule has 5 heteroatoms. The molecular formula is C17H12Cl2N2O. The van der Waals surface area contributed by atoms with E-state index in [1.807, 2.05) is 30.3 Å². The number of carbonyl (C=O) groups is 1. The van der Waals surface area contributed by atoms with E-state index >= 15 is 0 Å². The van der Waals surface area contributed by atoms with Gasteiger partial charge in [0.15, 0.2) is 0 Å². The van der Waals surface area contributed by atoms with Crippen LogP contribution in [-0.2, 0) is 4.79 Å². The van der Waals surface area contributed by atoms with Crippen LogP contribution in [0.4, 0.5) is 5.69 Å². The van der Waals surface area contributed by atoms with Crippen molar-refractivity contribution in [1.82, 2.24) is 0 Å². The van der Waals surface area contributed by atoms with Crippen molar-refractivity contribution in [2.24, 2.45) is 5.10 Å². The number of para-hydroxylation sites is 1. The molecule has 0 unspecified atom stereocenters. The number of hydrogen-bond donors (Lipinski definition) is 0. The molecule has 3 rings (SSSR count). The van der Waals surface area contributed by atoms with Crippen LogP contribution in [0.25, 0.3) is 6.08 Å². The Bertz CT molecular complexity index is 798. The van der Waals surface area contributed by atoms with Crippen molar-refractivity contribution in [2.75, 3.05) is 5.01 Å². The normalized spacial score (nSPS) is 16.3. The van der Waals surface area contributed by atoms with E-state index in [1.54, 1.807) is 31.2 Å². The summed E-state index contributed by atoms with van der Waals surface area (Å²) >= 11 is 12.1. The van der Waals surface area contributed by atoms with Gasteiger partial charge in [-0.05, 0) is 42.8 Å². The molecule has 0 aromatic heterocycles. The summed E-state index contributed by atoms with van der Waals surface area (Å²) < 4.78 is 0. The van der Waals surface area contributed by atoms with E-state index in [0.717, 1.165) is 11.3 Å². The van der Waals surface area contributed by atoms with Crippen molar-refractivity contribution in [3.63, 3.8) is 0 Å². The van der Waals surface area contributed by atoms with Crippen molar-refractivity contribution < 1.29 is 4.79 Å². The van der Waals surface area contributed by atoms with E-state index in [0.29, 0.717) is 21.3 Å². The maximum atomic E-state index is 12.6. The quantitative estimate of drug-likeness (QED) is 0.728. The average Bonchev–Trinajstić information content (AvgIpc) is 2.79. The Balaban J connectivity index is 1.98. The van der Waals surface area contributed by atoms with Crippen molar-refractivity contribution in [2.45, 2.75) is 6.92 Å². The van der Waals surface area contributed by atoms with Crippen molar-refractivity contribution in [3.8, 4) is 0 Å². The van der Waals surface area contributed by atoms with Gasteiger partial charge in [-0.25, -0.2) is 0 Å². The monoisotopic (exact) mass is 330 g/mol. The molecule has 0 aliphatic carbocycles. The van der Waals surface area contributed by atoms with Crippen LogP contribution in [0, 0.1) is 0 Å². The van der Waals surface area contributed by atoms with E-state index in [4.69, 9.17) is 23.2 Å². The fourth-order valence-corrected chi connectivity index (χ4v) is 2.67.